The van der Waals surface area contributed by atoms with Crippen molar-refractivity contribution in [3.8, 4) is 0 Å². The number of likely N-dealkylation sites (N-methyl/N-ethyl adjacent to an activating group) is 2. The lowest BCUT2D eigenvalue weighted by Gasteiger charge is -2.32. The van der Waals surface area contributed by atoms with Crippen LogP contribution in [0, 0.1) is 0 Å². The number of fused-ring (bicyclic) bond motifs is 2. The summed E-state index contributed by atoms with van der Waals surface area (Å²) < 4.78 is 1.28. The molecule has 12 heteroatoms. The molecule has 0 saturated carbocycles. The molecule has 0 aliphatic carbocycles. The lowest BCUT2D eigenvalue weighted by atomic mass is 9.82. The minimum absolute atomic E-state index is 0. The SMILES string of the molecule is C[N+](C)(C)CCN1C(=O)c2ccc3c4ccc5c6c(ccc(c7ccc(c2c37)C1=O)c64)C(=O)N(CC[N+](C)(C)C)C5=O.I.I.[I-].[I-]. The van der Waals surface area contributed by atoms with Crippen LogP contribution in [0.15, 0.2) is 48.5 Å². The second-order valence-electron chi connectivity index (χ2n) is 13.7. The fraction of sp³-hybridized carbons (Fsp3) is 0.294. The second-order valence-corrected chi connectivity index (χ2v) is 13.7. The molecule has 0 saturated heterocycles. The number of hydrogen-bond donors (Lipinski definition) is 0. The van der Waals surface area contributed by atoms with Gasteiger partial charge in [0.15, 0.2) is 0 Å². The summed E-state index contributed by atoms with van der Waals surface area (Å²) in [5.41, 5.74) is 2.11. The fourth-order valence-corrected chi connectivity index (χ4v) is 6.57. The predicted molar refractivity (Wildman–Crippen MR) is 195 cm³/mol. The monoisotopic (exact) mass is 1070 g/mol. The summed E-state index contributed by atoms with van der Waals surface area (Å²) in [5, 5.41) is 6.68. The van der Waals surface area contributed by atoms with Crippen molar-refractivity contribution < 1.29 is 76.1 Å². The highest BCUT2D eigenvalue weighted by Crippen LogP contribution is 2.46. The van der Waals surface area contributed by atoms with Gasteiger partial charge in [-0.25, -0.2) is 0 Å². The first-order valence-corrected chi connectivity index (χ1v) is 14.3. The molecule has 2 heterocycles. The molecule has 2 aliphatic heterocycles. The van der Waals surface area contributed by atoms with Crippen molar-refractivity contribution in [3.05, 3.63) is 70.8 Å². The molecule has 0 spiro atoms. The van der Waals surface area contributed by atoms with Crippen molar-refractivity contribution in [2.45, 2.75) is 0 Å². The quantitative estimate of drug-likeness (QED) is 0.0764. The van der Waals surface area contributed by atoms with Crippen LogP contribution >= 0.6 is 48.0 Å². The Labute approximate surface area is 336 Å². The van der Waals surface area contributed by atoms with Gasteiger partial charge in [0.1, 0.15) is 0 Å². The van der Waals surface area contributed by atoms with Crippen LogP contribution in [0.2, 0.25) is 0 Å². The minimum atomic E-state index is -0.272. The highest BCUT2D eigenvalue weighted by atomic mass is 127. The Hall–Kier alpha value is -1.48. The number of rotatable bonds is 6. The van der Waals surface area contributed by atoms with Gasteiger partial charge in [0, 0.05) is 33.0 Å². The minimum Gasteiger partial charge on any atom is -1.00 e. The number of carbonyl (C=O) groups excluding carboxylic acids is 4. The van der Waals surface area contributed by atoms with Gasteiger partial charge >= 0.3 is 0 Å². The summed E-state index contributed by atoms with van der Waals surface area (Å²) in [5.74, 6) is -1.09. The van der Waals surface area contributed by atoms with Gasteiger partial charge in [0.05, 0.1) is 68.5 Å². The van der Waals surface area contributed by atoms with E-state index in [1.54, 1.807) is 0 Å². The Morgan fingerprint density at radius 1 is 0.435 bits per heavy atom. The molecule has 8 nitrogen and oxygen atoms in total. The average molecular weight is 1070 g/mol. The summed E-state index contributed by atoms with van der Waals surface area (Å²) in [6, 6.07) is 15.1. The molecule has 0 radical (unpaired) electrons. The first kappa shape index (κ1) is 39.0. The molecule has 5 aromatic carbocycles. The van der Waals surface area contributed by atoms with Crippen LogP contribution in [-0.2, 0) is 0 Å². The molecule has 0 N–H and O–H groups in total. The van der Waals surface area contributed by atoms with Crippen LogP contribution in [0.1, 0.15) is 41.4 Å². The van der Waals surface area contributed by atoms with Gasteiger partial charge in [-0.15, -0.1) is 48.0 Å². The van der Waals surface area contributed by atoms with Crippen molar-refractivity contribution >= 4 is 115 Å². The number of amides is 4. The van der Waals surface area contributed by atoms with Crippen LogP contribution in [0.4, 0.5) is 0 Å². The van der Waals surface area contributed by atoms with Gasteiger partial charge in [0.25, 0.3) is 23.6 Å². The van der Waals surface area contributed by atoms with E-state index in [0.717, 1.165) is 32.3 Å². The van der Waals surface area contributed by atoms with Crippen molar-refractivity contribution in [3.63, 3.8) is 0 Å². The number of hydrogen-bond acceptors (Lipinski definition) is 4. The Balaban J connectivity index is 0.00000144. The van der Waals surface area contributed by atoms with Crippen molar-refractivity contribution in [2.24, 2.45) is 0 Å². The summed E-state index contributed by atoms with van der Waals surface area (Å²) >= 11 is 0. The zero-order chi connectivity index (χ0) is 29.9. The van der Waals surface area contributed by atoms with Crippen LogP contribution in [0.5, 0.6) is 0 Å². The number of imide groups is 2. The van der Waals surface area contributed by atoms with E-state index in [0.29, 0.717) is 68.2 Å². The first-order valence-electron chi connectivity index (χ1n) is 14.3. The van der Waals surface area contributed by atoms with E-state index in [1.807, 2.05) is 90.8 Å². The topological polar surface area (TPSA) is 74.8 Å². The number of carbonyl (C=O) groups is 4. The van der Waals surface area contributed by atoms with E-state index >= 15 is 0 Å². The maximum absolute atomic E-state index is 13.7. The number of quaternary nitrogens is 2. The third-order valence-electron chi connectivity index (χ3n) is 8.79. The molecule has 0 unspecified atom stereocenters. The molecule has 4 amide bonds. The molecule has 5 aromatic rings. The number of nitrogens with zero attached hydrogens (tertiary/aromatic N) is 4. The lowest BCUT2D eigenvalue weighted by Crippen LogP contribution is -3.00. The van der Waals surface area contributed by atoms with E-state index in [1.165, 1.54) is 9.80 Å². The van der Waals surface area contributed by atoms with E-state index in [-0.39, 0.29) is 120 Å². The summed E-state index contributed by atoms with van der Waals surface area (Å²) in [4.78, 5) is 57.4. The van der Waals surface area contributed by atoms with Gasteiger partial charge in [-0.2, -0.15) is 0 Å². The fourth-order valence-electron chi connectivity index (χ4n) is 6.57. The van der Waals surface area contributed by atoms with Gasteiger partial charge in [-0.05, 0) is 56.6 Å². The summed E-state index contributed by atoms with van der Waals surface area (Å²) in [6.45, 7) is 1.98. The largest absolute Gasteiger partial charge is 1.00 e. The smallest absolute Gasteiger partial charge is 0.261 e. The van der Waals surface area contributed by atoms with Crippen molar-refractivity contribution in [2.75, 3.05) is 68.5 Å². The molecule has 0 bridgehead atoms. The van der Waals surface area contributed by atoms with E-state index < -0.39 is 0 Å². The van der Waals surface area contributed by atoms with Gasteiger partial charge in [-0.1, -0.05) is 24.3 Å². The van der Waals surface area contributed by atoms with E-state index in [9.17, 15) is 19.2 Å². The highest BCUT2D eigenvalue weighted by Gasteiger charge is 2.37. The van der Waals surface area contributed by atoms with Crippen molar-refractivity contribution in [1.82, 2.24) is 9.80 Å². The van der Waals surface area contributed by atoms with Crippen LogP contribution < -0.4 is 48.0 Å². The molecule has 2 aliphatic rings. The van der Waals surface area contributed by atoms with Gasteiger partial charge < -0.3 is 56.9 Å². The Kier molecular flexibility index (Phi) is 11.4. The molecule has 0 atom stereocenters. The molecular formula is C34H36I4N4O4. The molecule has 244 valence electrons. The normalized spacial score (nSPS) is 14.5. The highest BCUT2D eigenvalue weighted by molar-refractivity contribution is 14.0. The Bertz CT molecular complexity index is 1800. The first-order chi connectivity index (χ1) is 19.8. The third-order valence-corrected chi connectivity index (χ3v) is 8.79. The van der Waals surface area contributed by atoms with Crippen molar-refractivity contribution in [1.29, 1.82) is 0 Å². The predicted octanol–water partition coefficient (Wildman–Crippen LogP) is -0.414. The zero-order valence-corrected chi connectivity index (χ0v) is 35.4. The molecule has 0 aromatic heterocycles. The molecular weight excluding hydrogens is 1040 g/mol. The second kappa shape index (κ2) is 13.4. The maximum Gasteiger partial charge on any atom is 0.261 e. The van der Waals surface area contributed by atoms with Crippen LogP contribution in [-0.4, -0.2) is 111 Å². The Morgan fingerprint density at radius 2 is 0.674 bits per heavy atom. The molecule has 0 fully saturated rings. The third kappa shape index (κ3) is 6.00. The Morgan fingerprint density at radius 3 is 0.891 bits per heavy atom. The van der Waals surface area contributed by atoms with Crippen LogP contribution in [0.25, 0.3) is 43.1 Å². The average Bonchev–Trinajstić information content (AvgIpc) is 2.92. The zero-order valence-electron chi connectivity index (χ0n) is 26.4. The number of benzene rings is 5. The number of halogens is 4. The maximum atomic E-state index is 13.7. The summed E-state index contributed by atoms with van der Waals surface area (Å²) in [6.07, 6.45) is 0. The van der Waals surface area contributed by atoms with Crippen LogP contribution in [0.3, 0.4) is 0 Å². The molecule has 7 rings (SSSR count). The van der Waals surface area contributed by atoms with Gasteiger partial charge in [0.2, 0.25) is 0 Å². The van der Waals surface area contributed by atoms with E-state index in [4.69, 9.17) is 0 Å². The lowest BCUT2D eigenvalue weighted by molar-refractivity contribution is -0.869. The summed E-state index contributed by atoms with van der Waals surface area (Å²) in [7, 11) is 12.2. The molecule has 46 heavy (non-hydrogen) atoms. The van der Waals surface area contributed by atoms with E-state index in [2.05, 4.69) is 0 Å². The van der Waals surface area contributed by atoms with Gasteiger partial charge in [-0.3, -0.25) is 29.0 Å². The standard InChI is InChI=1S/C34H34N4O4.4HI/c1-37(2,3)17-15-35-31(39)23-11-7-19-21-9-13-25-30-26(34(42)36(33(25)41)16-18-38(4,5)6)14-10-22(28(21)30)20-8-12-24(32(35)40)29(23)27(19)20;;;;/h7-14H,15-18H2,1-6H3;4*1H/q+2;;;;/p-2.